The van der Waals surface area contributed by atoms with Gasteiger partial charge in [-0.25, -0.2) is 4.98 Å². The minimum Gasteiger partial charge on any atom is -0.397 e. The third-order valence-electron chi connectivity index (χ3n) is 4.62. The first-order valence-corrected chi connectivity index (χ1v) is 9.72. The molecule has 5 rings (SSSR count). The second kappa shape index (κ2) is 5.33. The maximum absolute atomic E-state index is 13.2. The number of benzene rings is 1. The Morgan fingerprint density at radius 3 is 2.54 bits per heavy atom. The van der Waals surface area contributed by atoms with Crippen LogP contribution < -0.4 is 5.73 Å². The molecule has 0 aliphatic heterocycles. The monoisotopic (exact) mass is 376 g/mol. The second-order valence-electron chi connectivity index (χ2n) is 6.14. The third-order valence-corrected chi connectivity index (χ3v) is 6.71. The number of rotatable bonds is 2. The van der Waals surface area contributed by atoms with Crippen LogP contribution in [0.4, 0.5) is 5.69 Å². The summed E-state index contributed by atoms with van der Waals surface area (Å²) in [5.74, 6) is -0.127. The fourth-order valence-corrected chi connectivity index (χ4v) is 5.30. The number of hydrogen-bond acceptors (Lipinski definition) is 6. The maximum atomic E-state index is 13.2. The molecule has 4 nitrogen and oxygen atoms in total. The molecule has 0 radical (unpaired) electrons. The Hall–Kier alpha value is -2.83. The van der Waals surface area contributed by atoms with Gasteiger partial charge in [-0.05, 0) is 11.4 Å². The van der Waals surface area contributed by atoms with Crippen molar-refractivity contribution in [1.29, 1.82) is 0 Å². The van der Waals surface area contributed by atoms with Crippen LogP contribution in [0.1, 0.15) is 32.5 Å². The number of carbonyl (C=O) groups excluding carboxylic acids is 2. The summed E-state index contributed by atoms with van der Waals surface area (Å²) in [6.07, 6.45) is 0. The highest BCUT2D eigenvalue weighted by Crippen LogP contribution is 2.48. The van der Waals surface area contributed by atoms with Crippen LogP contribution in [0.25, 0.3) is 31.9 Å². The Bertz CT molecular complexity index is 1240. The van der Waals surface area contributed by atoms with Crippen LogP contribution in [0.2, 0.25) is 0 Å². The zero-order valence-electron chi connectivity index (χ0n) is 13.7. The average Bonchev–Trinajstić information content (AvgIpc) is 3.33. The minimum atomic E-state index is -0.0884. The smallest absolute Gasteiger partial charge is 0.196 e. The molecule has 0 saturated carbocycles. The fourth-order valence-electron chi connectivity index (χ4n) is 3.52. The lowest BCUT2D eigenvalue weighted by Gasteiger charge is -2.08. The molecule has 0 amide bonds. The van der Waals surface area contributed by atoms with Crippen molar-refractivity contribution in [3.8, 4) is 21.7 Å². The topological polar surface area (TPSA) is 73.1 Å². The maximum Gasteiger partial charge on any atom is 0.196 e. The van der Waals surface area contributed by atoms with Gasteiger partial charge in [0.15, 0.2) is 11.6 Å². The highest BCUT2D eigenvalue weighted by molar-refractivity contribution is 7.21. The molecule has 3 aromatic heterocycles. The van der Waals surface area contributed by atoms with Crippen LogP contribution in [-0.4, -0.2) is 16.6 Å². The van der Waals surface area contributed by atoms with Crippen molar-refractivity contribution in [3.63, 3.8) is 0 Å². The number of nitrogens with two attached hydrogens (primary N) is 1. The number of Topliss-reactive ketones (excluding diaryl/α,β-unsaturated/α-hetero) is 1. The van der Waals surface area contributed by atoms with E-state index in [2.05, 4.69) is 0 Å². The van der Waals surface area contributed by atoms with Gasteiger partial charge in [-0.1, -0.05) is 30.3 Å². The lowest BCUT2D eigenvalue weighted by Crippen LogP contribution is -2.00. The van der Waals surface area contributed by atoms with Crippen LogP contribution in [0, 0.1) is 0 Å². The third kappa shape index (κ3) is 1.91. The van der Waals surface area contributed by atoms with Crippen molar-refractivity contribution in [2.75, 3.05) is 5.73 Å². The predicted octanol–water partition coefficient (Wildman–Crippen LogP) is 5.02. The van der Waals surface area contributed by atoms with E-state index in [0.717, 1.165) is 16.0 Å². The molecular weight excluding hydrogens is 364 g/mol. The normalized spacial score (nSPS) is 12.4. The summed E-state index contributed by atoms with van der Waals surface area (Å²) in [4.78, 5) is 32.0. The van der Waals surface area contributed by atoms with Crippen molar-refractivity contribution in [3.05, 3.63) is 57.8 Å². The minimum absolute atomic E-state index is 0.0385. The van der Waals surface area contributed by atoms with E-state index in [1.807, 2.05) is 41.8 Å². The summed E-state index contributed by atoms with van der Waals surface area (Å²) in [6.45, 7) is 1.50. The number of thiophene rings is 2. The molecule has 0 saturated heterocycles. The van der Waals surface area contributed by atoms with Crippen LogP contribution in [0.5, 0.6) is 0 Å². The Balaban J connectivity index is 1.99. The summed E-state index contributed by atoms with van der Waals surface area (Å²) in [5, 5.41) is 2.68. The van der Waals surface area contributed by atoms with Crippen LogP contribution in [-0.2, 0) is 0 Å². The number of pyridine rings is 1. The van der Waals surface area contributed by atoms with E-state index in [9.17, 15) is 9.59 Å². The quantitative estimate of drug-likeness (QED) is 0.439. The van der Waals surface area contributed by atoms with Crippen molar-refractivity contribution < 1.29 is 9.59 Å². The lowest BCUT2D eigenvalue weighted by molar-refractivity contribution is 0.101. The van der Waals surface area contributed by atoms with Crippen molar-refractivity contribution in [2.45, 2.75) is 6.92 Å². The lowest BCUT2D eigenvalue weighted by atomic mass is 9.99. The summed E-state index contributed by atoms with van der Waals surface area (Å²) in [7, 11) is 0. The van der Waals surface area contributed by atoms with Crippen molar-refractivity contribution in [1.82, 2.24) is 4.98 Å². The SMILES string of the molecule is CC(=O)c1sc2nc3c(c(-c4cccs4)c2c1N)C(=O)c1ccccc1-3. The first kappa shape index (κ1) is 15.4. The van der Waals surface area contributed by atoms with E-state index in [0.29, 0.717) is 37.6 Å². The van der Waals surface area contributed by atoms with Gasteiger partial charge < -0.3 is 5.73 Å². The summed E-state index contributed by atoms with van der Waals surface area (Å²) in [5.41, 5.74) is 10.3. The molecule has 0 atom stereocenters. The van der Waals surface area contributed by atoms with E-state index in [1.165, 1.54) is 18.3 Å². The number of ketones is 2. The van der Waals surface area contributed by atoms with Crippen LogP contribution in [0.15, 0.2) is 41.8 Å². The summed E-state index contributed by atoms with van der Waals surface area (Å²) < 4.78 is 0. The molecule has 0 fully saturated rings. The van der Waals surface area contributed by atoms with Crippen molar-refractivity contribution >= 4 is 50.1 Å². The van der Waals surface area contributed by atoms with Gasteiger partial charge in [-0.2, -0.15) is 0 Å². The number of anilines is 1. The molecule has 3 heterocycles. The molecule has 1 aliphatic carbocycles. The molecule has 1 aromatic carbocycles. The molecular formula is C20H12N2O2S2. The first-order valence-electron chi connectivity index (χ1n) is 8.02. The van der Waals surface area contributed by atoms with Gasteiger partial charge in [-0.3, -0.25) is 9.59 Å². The standard InChI is InChI=1S/C20H12N2O2S2/c1-9(23)19-16(21)14-13(12-7-4-8-25-12)15-17(22-20(14)26-19)10-5-2-3-6-11(10)18(15)24/h2-8H,21H2,1H3. The number of fused-ring (bicyclic) bond motifs is 4. The van der Waals surface area contributed by atoms with Crippen LogP contribution >= 0.6 is 22.7 Å². The molecule has 1 aliphatic rings. The molecule has 26 heavy (non-hydrogen) atoms. The highest BCUT2D eigenvalue weighted by Gasteiger charge is 2.34. The number of hydrogen-bond donors (Lipinski definition) is 1. The van der Waals surface area contributed by atoms with Gasteiger partial charge in [0.05, 0.1) is 21.8 Å². The van der Waals surface area contributed by atoms with E-state index in [1.54, 1.807) is 11.3 Å². The molecule has 0 unspecified atom stereocenters. The zero-order valence-corrected chi connectivity index (χ0v) is 15.3. The van der Waals surface area contributed by atoms with Gasteiger partial charge in [0, 0.05) is 33.9 Å². The molecule has 6 heteroatoms. The van der Waals surface area contributed by atoms with E-state index in [4.69, 9.17) is 10.7 Å². The van der Waals surface area contributed by atoms with E-state index < -0.39 is 0 Å². The Morgan fingerprint density at radius 1 is 1.08 bits per heavy atom. The van der Waals surface area contributed by atoms with Gasteiger partial charge in [-0.15, -0.1) is 22.7 Å². The number of aromatic nitrogens is 1. The molecule has 0 spiro atoms. The summed E-state index contributed by atoms with van der Waals surface area (Å²) in [6, 6.07) is 11.4. The van der Waals surface area contributed by atoms with Gasteiger partial charge in [0.2, 0.25) is 0 Å². The molecule has 0 bridgehead atoms. The van der Waals surface area contributed by atoms with Crippen molar-refractivity contribution in [2.24, 2.45) is 0 Å². The molecule has 4 aromatic rings. The van der Waals surface area contributed by atoms with Crippen LogP contribution in [0.3, 0.4) is 0 Å². The number of nitrogens with zero attached hydrogens (tertiary/aromatic N) is 1. The number of carbonyl (C=O) groups is 2. The van der Waals surface area contributed by atoms with Gasteiger partial charge in [0.1, 0.15) is 4.83 Å². The Labute approximate surface area is 156 Å². The van der Waals surface area contributed by atoms with Gasteiger partial charge in [0.25, 0.3) is 0 Å². The highest BCUT2D eigenvalue weighted by atomic mass is 32.1. The Morgan fingerprint density at radius 2 is 1.85 bits per heavy atom. The summed E-state index contributed by atoms with van der Waals surface area (Å²) >= 11 is 2.84. The predicted molar refractivity (Wildman–Crippen MR) is 106 cm³/mol. The second-order valence-corrected chi connectivity index (χ2v) is 8.09. The molecule has 126 valence electrons. The first-order chi connectivity index (χ1) is 12.6. The van der Waals surface area contributed by atoms with Gasteiger partial charge >= 0.3 is 0 Å². The fraction of sp³-hybridized carbons (Fsp3) is 0.0500. The largest absolute Gasteiger partial charge is 0.397 e. The Kier molecular flexibility index (Phi) is 3.16. The zero-order chi connectivity index (χ0) is 18.0. The van der Waals surface area contributed by atoms with E-state index >= 15 is 0 Å². The average molecular weight is 376 g/mol. The van der Waals surface area contributed by atoms with E-state index in [-0.39, 0.29) is 11.6 Å². The number of nitrogen functional groups attached to an aromatic ring is 1. The molecule has 2 N–H and O–H groups in total.